The van der Waals surface area contributed by atoms with Gasteiger partial charge in [-0.2, -0.15) is 0 Å². The summed E-state index contributed by atoms with van der Waals surface area (Å²) >= 11 is 8.27. The smallest absolute Gasteiger partial charge is 0.163 e. The van der Waals surface area contributed by atoms with E-state index >= 15 is 0 Å². The Kier molecular flexibility index (Phi) is 5.72. The zero-order chi connectivity index (χ0) is 15.4. The van der Waals surface area contributed by atoms with Crippen molar-refractivity contribution in [2.24, 2.45) is 0 Å². The second-order valence-electron chi connectivity index (χ2n) is 4.24. The molecule has 0 unspecified atom stereocenters. The van der Waals surface area contributed by atoms with Gasteiger partial charge in [-0.25, -0.2) is 14.4 Å². The summed E-state index contributed by atoms with van der Waals surface area (Å²) in [5.74, 6) is 0.775. The summed E-state index contributed by atoms with van der Waals surface area (Å²) < 4.78 is 19.2. The SMILES string of the molecule is CCNc1nc(-c2ccc(F)cc2Cl)nc(COC)c1I. The van der Waals surface area contributed by atoms with Gasteiger partial charge in [0.05, 0.1) is 20.9 Å². The number of anilines is 1. The topological polar surface area (TPSA) is 47.0 Å². The average molecular weight is 422 g/mol. The molecule has 0 amide bonds. The van der Waals surface area contributed by atoms with Gasteiger partial charge in [0.15, 0.2) is 5.82 Å². The fraction of sp³-hybridized carbons (Fsp3) is 0.286. The molecule has 0 fully saturated rings. The molecule has 1 N–H and O–H groups in total. The van der Waals surface area contributed by atoms with E-state index in [9.17, 15) is 4.39 Å². The van der Waals surface area contributed by atoms with Crippen molar-refractivity contribution in [3.8, 4) is 11.4 Å². The maximum absolute atomic E-state index is 13.2. The number of aromatic nitrogens is 2. The second kappa shape index (κ2) is 7.33. The minimum Gasteiger partial charge on any atom is -0.378 e. The number of benzene rings is 1. The van der Waals surface area contributed by atoms with Crippen LogP contribution >= 0.6 is 34.2 Å². The van der Waals surface area contributed by atoms with Crippen LogP contribution in [0.5, 0.6) is 0 Å². The van der Waals surface area contributed by atoms with E-state index in [0.717, 1.165) is 21.6 Å². The predicted octanol–water partition coefficient (Wildman–Crippen LogP) is 4.12. The first-order valence-corrected chi connectivity index (χ1v) is 7.77. The molecule has 0 atom stereocenters. The number of rotatable bonds is 5. The number of ether oxygens (including phenoxy) is 1. The number of nitrogens with one attached hydrogen (secondary N) is 1. The molecule has 2 aromatic rings. The Morgan fingerprint density at radius 3 is 2.76 bits per heavy atom. The van der Waals surface area contributed by atoms with Crippen LogP contribution in [-0.4, -0.2) is 23.6 Å². The van der Waals surface area contributed by atoms with E-state index < -0.39 is 5.82 Å². The fourth-order valence-electron chi connectivity index (χ4n) is 1.80. The van der Waals surface area contributed by atoms with Crippen molar-refractivity contribution in [2.75, 3.05) is 19.0 Å². The van der Waals surface area contributed by atoms with Crippen LogP contribution in [-0.2, 0) is 11.3 Å². The number of hydrogen-bond acceptors (Lipinski definition) is 4. The van der Waals surface area contributed by atoms with Crippen molar-refractivity contribution in [1.29, 1.82) is 0 Å². The van der Waals surface area contributed by atoms with E-state index in [1.807, 2.05) is 6.92 Å². The third-order valence-corrected chi connectivity index (χ3v) is 4.16. The lowest BCUT2D eigenvalue weighted by Crippen LogP contribution is -2.08. The monoisotopic (exact) mass is 421 g/mol. The molecule has 0 radical (unpaired) electrons. The Morgan fingerprint density at radius 2 is 2.14 bits per heavy atom. The molecule has 112 valence electrons. The van der Waals surface area contributed by atoms with Gasteiger partial charge in [-0.05, 0) is 47.7 Å². The highest BCUT2D eigenvalue weighted by molar-refractivity contribution is 14.1. The highest BCUT2D eigenvalue weighted by atomic mass is 127. The van der Waals surface area contributed by atoms with Gasteiger partial charge in [0.1, 0.15) is 11.6 Å². The van der Waals surface area contributed by atoms with E-state index in [2.05, 4.69) is 37.9 Å². The molecule has 21 heavy (non-hydrogen) atoms. The van der Waals surface area contributed by atoms with Crippen molar-refractivity contribution in [3.05, 3.63) is 38.3 Å². The van der Waals surface area contributed by atoms with Crippen molar-refractivity contribution in [2.45, 2.75) is 13.5 Å². The first-order chi connectivity index (χ1) is 10.1. The summed E-state index contributed by atoms with van der Waals surface area (Å²) in [6, 6.07) is 4.17. The van der Waals surface area contributed by atoms with Crippen LogP contribution in [0, 0.1) is 9.39 Å². The average Bonchev–Trinajstić information content (AvgIpc) is 2.43. The third-order valence-electron chi connectivity index (χ3n) is 2.72. The molecule has 1 heterocycles. The van der Waals surface area contributed by atoms with Crippen LogP contribution in [0.15, 0.2) is 18.2 Å². The molecule has 4 nitrogen and oxygen atoms in total. The van der Waals surface area contributed by atoms with Crippen LogP contribution in [0.2, 0.25) is 5.02 Å². The van der Waals surface area contributed by atoms with Crippen LogP contribution < -0.4 is 5.32 Å². The minimum atomic E-state index is -0.390. The van der Waals surface area contributed by atoms with Gasteiger partial charge in [0, 0.05) is 19.2 Å². The maximum atomic E-state index is 13.2. The molecular formula is C14H14ClFIN3O. The van der Waals surface area contributed by atoms with E-state index in [0.29, 0.717) is 18.0 Å². The largest absolute Gasteiger partial charge is 0.378 e. The van der Waals surface area contributed by atoms with Crippen molar-refractivity contribution >= 4 is 40.0 Å². The quantitative estimate of drug-likeness (QED) is 0.738. The molecule has 0 bridgehead atoms. The van der Waals surface area contributed by atoms with E-state index in [1.165, 1.54) is 12.1 Å². The lowest BCUT2D eigenvalue weighted by Gasteiger charge is -2.12. The van der Waals surface area contributed by atoms with Crippen LogP contribution in [0.4, 0.5) is 10.2 Å². The Morgan fingerprint density at radius 1 is 1.38 bits per heavy atom. The number of nitrogens with zero attached hydrogens (tertiary/aromatic N) is 2. The summed E-state index contributed by atoms with van der Waals surface area (Å²) in [6.45, 7) is 3.08. The molecule has 0 saturated carbocycles. The second-order valence-corrected chi connectivity index (χ2v) is 5.73. The van der Waals surface area contributed by atoms with Gasteiger partial charge in [-0.3, -0.25) is 0 Å². The molecule has 1 aromatic heterocycles. The molecular weight excluding hydrogens is 408 g/mol. The summed E-state index contributed by atoms with van der Waals surface area (Å²) in [6.07, 6.45) is 0. The Hall–Kier alpha value is -0.990. The molecule has 0 aliphatic heterocycles. The molecule has 2 rings (SSSR count). The van der Waals surface area contributed by atoms with Gasteiger partial charge >= 0.3 is 0 Å². The predicted molar refractivity (Wildman–Crippen MR) is 90.0 cm³/mol. The number of hydrogen-bond donors (Lipinski definition) is 1. The van der Waals surface area contributed by atoms with Gasteiger partial charge in [-0.1, -0.05) is 11.6 Å². The van der Waals surface area contributed by atoms with Crippen LogP contribution in [0.3, 0.4) is 0 Å². The maximum Gasteiger partial charge on any atom is 0.163 e. The Bertz CT molecular complexity index is 627. The highest BCUT2D eigenvalue weighted by Gasteiger charge is 2.15. The van der Waals surface area contributed by atoms with E-state index in [4.69, 9.17) is 16.3 Å². The van der Waals surface area contributed by atoms with E-state index in [-0.39, 0.29) is 5.02 Å². The summed E-state index contributed by atoms with van der Waals surface area (Å²) in [5.41, 5.74) is 1.35. The van der Waals surface area contributed by atoms with Crippen molar-refractivity contribution in [1.82, 2.24) is 9.97 Å². The Balaban J connectivity index is 2.56. The minimum absolute atomic E-state index is 0.280. The zero-order valence-corrected chi connectivity index (χ0v) is 14.5. The molecule has 0 saturated heterocycles. The first-order valence-electron chi connectivity index (χ1n) is 6.31. The normalized spacial score (nSPS) is 10.7. The standard InChI is InChI=1S/C14H14ClFIN3O/c1-3-18-14-12(17)11(7-21-2)19-13(20-14)9-5-4-8(16)6-10(9)15/h4-6H,3,7H2,1-2H3,(H,18,19,20). The molecule has 7 heteroatoms. The van der Waals surface area contributed by atoms with Crippen molar-refractivity contribution in [3.63, 3.8) is 0 Å². The van der Waals surface area contributed by atoms with Crippen LogP contribution in [0.25, 0.3) is 11.4 Å². The summed E-state index contributed by atoms with van der Waals surface area (Å²) in [7, 11) is 1.61. The van der Waals surface area contributed by atoms with Gasteiger partial charge in [-0.15, -0.1) is 0 Å². The molecule has 0 spiro atoms. The lowest BCUT2D eigenvalue weighted by molar-refractivity contribution is 0.181. The summed E-state index contributed by atoms with van der Waals surface area (Å²) in [5, 5.41) is 3.46. The Labute approximate surface area is 141 Å². The number of halogens is 3. The zero-order valence-electron chi connectivity index (χ0n) is 11.6. The molecule has 0 aliphatic rings. The third kappa shape index (κ3) is 3.81. The highest BCUT2D eigenvalue weighted by Crippen LogP contribution is 2.29. The van der Waals surface area contributed by atoms with Crippen LogP contribution in [0.1, 0.15) is 12.6 Å². The van der Waals surface area contributed by atoms with Crippen molar-refractivity contribution < 1.29 is 9.13 Å². The van der Waals surface area contributed by atoms with Gasteiger partial charge in [0.2, 0.25) is 0 Å². The first kappa shape index (κ1) is 16.4. The van der Waals surface area contributed by atoms with E-state index in [1.54, 1.807) is 13.2 Å². The lowest BCUT2D eigenvalue weighted by atomic mass is 10.2. The summed E-state index contributed by atoms with van der Waals surface area (Å²) in [4.78, 5) is 8.95. The molecule has 1 aromatic carbocycles. The number of methoxy groups -OCH3 is 1. The molecule has 0 aliphatic carbocycles. The van der Waals surface area contributed by atoms with Gasteiger partial charge < -0.3 is 10.1 Å². The fourth-order valence-corrected chi connectivity index (χ4v) is 2.64. The van der Waals surface area contributed by atoms with Gasteiger partial charge in [0.25, 0.3) is 0 Å².